The molecule has 0 radical (unpaired) electrons. The molecular formula is C23H40F2O3. The zero-order valence-corrected chi connectivity index (χ0v) is 17.7. The van der Waals surface area contributed by atoms with E-state index in [1.807, 2.05) is 0 Å². The lowest BCUT2D eigenvalue weighted by molar-refractivity contribution is -0.162. The summed E-state index contributed by atoms with van der Waals surface area (Å²) in [6.45, 7) is 5.48. The van der Waals surface area contributed by atoms with Crippen LogP contribution in [0.1, 0.15) is 78.1 Å². The Bertz CT molecular complexity index is 453. The van der Waals surface area contributed by atoms with E-state index in [0.717, 1.165) is 57.3 Å². The second-order valence-electron chi connectivity index (χ2n) is 9.65. The lowest BCUT2D eigenvalue weighted by Crippen LogP contribution is -2.53. The Morgan fingerprint density at radius 2 is 1.82 bits per heavy atom. The molecule has 0 bridgehead atoms. The van der Waals surface area contributed by atoms with Crippen LogP contribution in [0.4, 0.5) is 8.78 Å². The first-order chi connectivity index (χ1) is 13.5. The van der Waals surface area contributed by atoms with Gasteiger partial charge in [-0.2, -0.15) is 0 Å². The summed E-state index contributed by atoms with van der Waals surface area (Å²) in [6, 6.07) is 0. The average Bonchev–Trinajstić information content (AvgIpc) is 2.71. The molecule has 0 aromatic heterocycles. The van der Waals surface area contributed by atoms with E-state index in [9.17, 15) is 13.9 Å². The van der Waals surface area contributed by atoms with Crippen LogP contribution in [0.2, 0.25) is 0 Å². The molecule has 1 N–H and O–H groups in total. The molecule has 0 aromatic carbocycles. The normalized spacial score (nSPS) is 41.2. The van der Waals surface area contributed by atoms with Gasteiger partial charge >= 0.3 is 0 Å². The molecule has 5 heteroatoms. The maximum absolute atomic E-state index is 14.5. The zero-order valence-electron chi connectivity index (χ0n) is 17.7. The van der Waals surface area contributed by atoms with Gasteiger partial charge in [0.2, 0.25) is 0 Å². The van der Waals surface area contributed by atoms with Crippen molar-refractivity contribution in [2.24, 2.45) is 23.7 Å². The molecule has 164 valence electrons. The van der Waals surface area contributed by atoms with Gasteiger partial charge < -0.3 is 14.6 Å². The van der Waals surface area contributed by atoms with Crippen molar-refractivity contribution in [2.75, 3.05) is 13.2 Å². The Balaban J connectivity index is 1.40. The molecule has 0 amide bonds. The van der Waals surface area contributed by atoms with Crippen LogP contribution >= 0.6 is 0 Å². The molecular weight excluding hydrogens is 362 g/mol. The number of alkyl halides is 2. The highest BCUT2D eigenvalue weighted by molar-refractivity contribution is 4.96. The number of rotatable bonds is 8. The number of aliphatic hydroxyl groups is 1. The van der Waals surface area contributed by atoms with Crippen LogP contribution in [0.5, 0.6) is 0 Å². The quantitative estimate of drug-likeness (QED) is 0.603. The van der Waals surface area contributed by atoms with Crippen molar-refractivity contribution < 1.29 is 23.4 Å². The molecule has 3 rings (SSSR count). The van der Waals surface area contributed by atoms with Crippen molar-refractivity contribution in [1.82, 2.24) is 0 Å². The monoisotopic (exact) mass is 402 g/mol. The smallest absolute Gasteiger partial charge is 0.160 e. The van der Waals surface area contributed by atoms with Gasteiger partial charge in [-0.3, -0.25) is 0 Å². The predicted molar refractivity (Wildman–Crippen MR) is 107 cm³/mol. The van der Waals surface area contributed by atoms with Crippen LogP contribution in [0.3, 0.4) is 0 Å². The van der Waals surface area contributed by atoms with Crippen molar-refractivity contribution in [2.45, 2.75) is 109 Å². The highest BCUT2D eigenvalue weighted by Gasteiger charge is 2.48. The Hall–Kier alpha value is -0.260. The van der Waals surface area contributed by atoms with Gasteiger partial charge in [-0.15, -0.1) is 0 Å². The van der Waals surface area contributed by atoms with Gasteiger partial charge in [0, 0.05) is 13.2 Å². The van der Waals surface area contributed by atoms with Crippen LogP contribution in [0, 0.1) is 23.7 Å². The second-order valence-corrected chi connectivity index (χ2v) is 9.65. The molecule has 7 atom stereocenters. The first kappa shape index (κ1) is 22.4. The van der Waals surface area contributed by atoms with E-state index in [4.69, 9.17) is 9.47 Å². The number of ether oxygens (including phenoxy) is 2. The molecule has 3 nitrogen and oxygen atoms in total. The summed E-state index contributed by atoms with van der Waals surface area (Å²) in [5.74, 6) is 1.88. The maximum Gasteiger partial charge on any atom is 0.160 e. The fourth-order valence-corrected chi connectivity index (χ4v) is 5.66. The minimum Gasteiger partial charge on any atom is -0.393 e. The van der Waals surface area contributed by atoms with Gasteiger partial charge in [0.25, 0.3) is 0 Å². The fraction of sp³-hybridized carbons (Fsp3) is 1.00. The summed E-state index contributed by atoms with van der Waals surface area (Å²) < 4.78 is 40.3. The number of fused-ring (bicyclic) bond motifs is 1. The van der Waals surface area contributed by atoms with Gasteiger partial charge in [0.05, 0.1) is 18.3 Å². The van der Waals surface area contributed by atoms with E-state index in [2.05, 4.69) is 13.8 Å². The standard InChI is InChI=1S/C23H40F2O3/c1-3-16(17-8-10-19(26)11-9-17)7-6-15(2)14-28-20-13-18-5-4-12-27-23(18)22(25)21(20)24/h15-23,26H,3-14H2,1-2H3. The third-order valence-corrected chi connectivity index (χ3v) is 7.56. The molecule has 7 unspecified atom stereocenters. The second kappa shape index (κ2) is 10.7. The van der Waals surface area contributed by atoms with Crippen molar-refractivity contribution in [1.29, 1.82) is 0 Å². The molecule has 2 saturated carbocycles. The fourth-order valence-electron chi connectivity index (χ4n) is 5.66. The molecule has 1 aliphatic heterocycles. The van der Waals surface area contributed by atoms with Crippen LogP contribution in [-0.4, -0.2) is 49.0 Å². The molecule has 1 heterocycles. The Kier molecular flexibility index (Phi) is 8.55. The first-order valence-electron chi connectivity index (χ1n) is 11.7. The zero-order chi connectivity index (χ0) is 20.1. The minimum atomic E-state index is -1.57. The van der Waals surface area contributed by atoms with Crippen LogP contribution in [0.25, 0.3) is 0 Å². The van der Waals surface area contributed by atoms with Gasteiger partial charge in [-0.25, -0.2) is 8.78 Å². The third-order valence-electron chi connectivity index (χ3n) is 7.56. The largest absolute Gasteiger partial charge is 0.393 e. The number of hydrogen-bond acceptors (Lipinski definition) is 3. The van der Waals surface area contributed by atoms with E-state index in [0.29, 0.717) is 31.5 Å². The summed E-state index contributed by atoms with van der Waals surface area (Å²) in [5, 5.41) is 9.72. The minimum absolute atomic E-state index is 0.0984. The van der Waals surface area contributed by atoms with Crippen molar-refractivity contribution in [3.05, 3.63) is 0 Å². The van der Waals surface area contributed by atoms with E-state index in [1.165, 1.54) is 6.42 Å². The lowest BCUT2D eigenvalue weighted by Gasteiger charge is -2.43. The van der Waals surface area contributed by atoms with Gasteiger partial charge in [-0.05, 0) is 81.5 Å². The molecule has 28 heavy (non-hydrogen) atoms. The SMILES string of the molecule is CCC(CCC(C)COC1CC2CCCOC2C(F)C1F)C1CCC(O)CC1. The van der Waals surface area contributed by atoms with E-state index < -0.39 is 24.6 Å². The maximum atomic E-state index is 14.5. The number of hydrogen-bond donors (Lipinski definition) is 1. The highest BCUT2D eigenvalue weighted by atomic mass is 19.2. The van der Waals surface area contributed by atoms with Crippen molar-refractivity contribution in [3.63, 3.8) is 0 Å². The Morgan fingerprint density at radius 3 is 2.54 bits per heavy atom. The number of aliphatic hydroxyl groups excluding tert-OH is 1. The summed E-state index contributed by atoms with van der Waals surface area (Å²) >= 11 is 0. The van der Waals surface area contributed by atoms with Gasteiger partial charge in [-0.1, -0.05) is 20.3 Å². The summed E-state index contributed by atoms with van der Waals surface area (Å²) in [5.41, 5.74) is 0. The van der Waals surface area contributed by atoms with Crippen molar-refractivity contribution >= 4 is 0 Å². The van der Waals surface area contributed by atoms with E-state index in [1.54, 1.807) is 0 Å². The highest BCUT2D eigenvalue weighted by Crippen LogP contribution is 2.39. The first-order valence-corrected chi connectivity index (χ1v) is 11.7. The summed E-state index contributed by atoms with van der Waals surface area (Å²) in [6.07, 6.45) is 5.59. The van der Waals surface area contributed by atoms with Gasteiger partial charge in [0.1, 0.15) is 0 Å². The lowest BCUT2D eigenvalue weighted by atomic mass is 9.75. The van der Waals surface area contributed by atoms with Crippen LogP contribution in [0.15, 0.2) is 0 Å². The number of halogens is 2. The predicted octanol–water partition coefficient (Wildman–Crippen LogP) is 5.24. The molecule has 0 spiro atoms. The molecule has 1 saturated heterocycles. The van der Waals surface area contributed by atoms with Crippen LogP contribution < -0.4 is 0 Å². The average molecular weight is 403 g/mol. The molecule has 3 aliphatic rings. The summed E-state index contributed by atoms with van der Waals surface area (Å²) in [4.78, 5) is 0. The van der Waals surface area contributed by atoms with E-state index in [-0.39, 0.29) is 12.0 Å². The molecule has 0 aromatic rings. The van der Waals surface area contributed by atoms with Gasteiger partial charge in [0.15, 0.2) is 12.3 Å². The summed E-state index contributed by atoms with van der Waals surface area (Å²) in [7, 11) is 0. The third kappa shape index (κ3) is 5.66. The topological polar surface area (TPSA) is 38.7 Å². The van der Waals surface area contributed by atoms with Crippen LogP contribution in [-0.2, 0) is 9.47 Å². The molecule has 3 fully saturated rings. The van der Waals surface area contributed by atoms with E-state index >= 15 is 0 Å². The van der Waals surface area contributed by atoms with Crippen molar-refractivity contribution in [3.8, 4) is 0 Å². The Labute approximate surface area is 169 Å². The Morgan fingerprint density at radius 1 is 1.07 bits per heavy atom. The molecule has 2 aliphatic carbocycles.